The minimum absolute atomic E-state index is 0.0375. The summed E-state index contributed by atoms with van der Waals surface area (Å²) in [5.74, 6) is 0.508. The summed E-state index contributed by atoms with van der Waals surface area (Å²) in [7, 11) is 1.59. The highest BCUT2D eigenvalue weighted by Gasteiger charge is 2.32. The second kappa shape index (κ2) is 8.49. The number of fused-ring (bicyclic) bond motifs is 1. The number of hydrogen-bond donors (Lipinski definition) is 1. The lowest BCUT2D eigenvalue weighted by Crippen LogP contribution is -2.38. The molecule has 7 nitrogen and oxygen atoms in total. The lowest BCUT2D eigenvalue weighted by molar-refractivity contribution is 0.0605. The van der Waals surface area contributed by atoms with Crippen LogP contribution in [0.1, 0.15) is 57.4 Å². The van der Waals surface area contributed by atoms with Crippen molar-refractivity contribution >= 4 is 17.5 Å². The second-order valence-electron chi connectivity index (χ2n) is 8.29. The number of likely N-dealkylation sites (tertiary alicyclic amines) is 1. The predicted octanol–water partition coefficient (Wildman–Crippen LogP) is 3.99. The fraction of sp³-hybridized carbons (Fsp3) is 0.320. The van der Waals surface area contributed by atoms with Gasteiger partial charge in [-0.1, -0.05) is 24.3 Å². The van der Waals surface area contributed by atoms with Crippen LogP contribution in [0.2, 0.25) is 0 Å². The van der Waals surface area contributed by atoms with Crippen LogP contribution in [0.3, 0.4) is 0 Å². The summed E-state index contributed by atoms with van der Waals surface area (Å²) in [4.78, 5) is 30.1. The topological polar surface area (TPSA) is 78.5 Å². The highest BCUT2D eigenvalue weighted by molar-refractivity contribution is 6.06. The average Bonchev–Trinajstić information content (AvgIpc) is 3.51. The minimum atomic E-state index is -0.137. The van der Waals surface area contributed by atoms with Gasteiger partial charge in [0, 0.05) is 24.3 Å². The monoisotopic (exact) mass is 430 g/mol. The molecular formula is C25H26N4O3. The van der Waals surface area contributed by atoms with Crippen molar-refractivity contribution in [1.82, 2.24) is 15.1 Å². The molecule has 1 saturated heterocycles. The number of hydrogen-bond acceptors (Lipinski definition) is 4. The number of carbonyl (C=O) groups is 2. The quantitative estimate of drug-likeness (QED) is 0.679. The molecular weight excluding hydrogens is 404 g/mol. The first-order valence-electron chi connectivity index (χ1n) is 11.1. The Morgan fingerprint density at radius 1 is 1.03 bits per heavy atom. The highest BCUT2D eigenvalue weighted by atomic mass is 16.5. The molecule has 3 heterocycles. The summed E-state index contributed by atoms with van der Waals surface area (Å²) in [6.07, 6.45) is 3.66. The van der Waals surface area contributed by atoms with Gasteiger partial charge in [-0.15, -0.1) is 0 Å². The van der Waals surface area contributed by atoms with E-state index < -0.39 is 0 Å². The zero-order valence-electron chi connectivity index (χ0n) is 18.1. The molecule has 3 aromatic rings. The molecule has 2 amide bonds. The molecule has 164 valence electrons. The molecule has 1 N–H and O–H groups in total. The van der Waals surface area contributed by atoms with E-state index in [9.17, 15) is 9.59 Å². The number of nitrogens with one attached hydrogen (secondary N) is 1. The van der Waals surface area contributed by atoms with Crippen LogP contribution in [-0.4, -0.2) is 47.1 Å². The molecule has 7 heteroatoms. The number of aromatic amines is 1. The smallest absolute Gasteiger partial charge is 0.278 e. The zero-order valence-corrected chi connectivity index (χ0v) is 18.1. The molecule has 0 saturated carbocycles. The third kappa shape index (κ3) is 3.64. The molecule has 2 aromatic carbocycles. The Labute approximate surface area is 187 Å². The summed E-state index contributed by atoms with van der Waals surface area (Å²) in [6.45, 7) is 1.33. The summed E-state index contributed by atoms with van der Waals surface area (Å²) < 4.78 is 5.28. The van der Waals surface area contributed by atoms with E-state index in [2.05, 4.69) is 16.3 Å². The fourth-order valence-electron chi connectivity index (χ4n) is 4.72. The third-order valence-corrected chi connectivity index (χ3v) is 6.39. The molecule has 1 aromatic heterocycles. The summed E-state index contributed by atoms with van der Waals surface area (Å²) in [5, 5.41) is 7.38. The Morgan fingerprint density at radius 3 is 2.78 bits per heavy atom. The molecule has 5 rings (SSSR count). The third-order valence-electron chi connectivity index (χ3n) is 6.39. The lowest BCUT2D eigenvalue weighted by atomic mass is 9.98. The largest absolute Gasteiger partial charge is 0.497 e. The normalized spacial score (nSPS) is 17.8. The van der Waals surface area contributed by atoms with Crippen molar-refractivity contribution < 1.29 is 14.3 Å². The van der Waals surface area contributed by atoms with Crippen LogP contribution < -0.4 is 9.64 Å². The number of amides is 2. The van der Waals surface area contributed by atoms with E-state index in [1.807, 2.05) is 47.4 Å². The van der Waals surface area contributed by atoms with Gasteiger partial charge < -0.3 is 14.5 Å². The van der Waals surface area contributed by atoms with Crippen molar-refractivity contribution in [1.29, 1.82) is 0 Å². The molecule has 0 aliphatic carbocycles. The summed E-state index contributed by atoms with van der Waals surface area (Å²) >= 11 is 0. The number of rotatable bonds is 4. The van der Waals surface area contributed by atoms with E-state index >= 15 is 0 Å². The SMILES string of the molecule is COc1cccc(C(=O)N2CCCCC2c2cc(C(=O)N3CCc4ccccc43)n[nH]2)c1. The van der Waals surface area contributed by atoms with Gasteiger partial charge in [0.05, 0.1) is 18.8 Å². The molecule has 0 bridgehead atoms. The van der Waals surface area contributed by atoms with Gasteiger partial charge in [-0.2, -0.15) is 5.10 Å². The maximum Gasteiger partial charge on any atom is 0.278 e. The summed E-state index contributed by atoms with van der Waals surface area (Å²) in [5.41, 5.74) is 3.92. The predicted molar refractivity (Wildman–Crippen MR) is 121 cm³/mol. The highest BCUT2D eigenvalue weighted by Crippen LogP contribution is 2.33. The van der Waals surface area contributed by atoms with Crippen molar-refractivity contribution in [3.8, 4) is 5.75 Å². The summed E-state index contributed by atoms with van der Waals surface area (Å²) in [6, 6.07) is 16.9. The van der Waals surface area contributed by atoms with E-state index in [1.165, 1.54) is 5.56 Å². The number of H-pyrrole nitrogens is 1. The number of para-hydroxylation sites is 1. The minimum Gasteiger partial charge on any atom is -0.497 e. The van der Waals surface area contributed by atoms with Crippen LogP contribution >= 0.6 is 0 Å². The Hall–Kier alpha value is -3.61. The van der Waals surface area contributed by atoms with Gasteiger partial charge in [0.25, 0.3) is 11.8 Å². The number of methoxy groups -OCH3 is 1. The Morgan fingerprint density at radius 2 is 1.91 bits per heavy atom. The van der Waals surface area contributed by atoms with E-state index in [-0.39, 0.29) is 17.9 Å². The molecule has 2 aliphatic heterocycles. The van der Waals surface area contributed by atoms with Crippen molar-refractivity contribution in [2.24, 2.45) is 0 Å². The van der Waals surface area contributed by atoms with Crippen molar-refractivity contribution in [2.75, 3.05) is 25.1 Å². The molecule has 0 spiro atoms. The van der Waals surface area contributed by atoms with Gasteiger partial charge in [-0.3, -0.25) is 14.7 Å². The van der Waals surface area contributed by atoms with Gasteiger partial charge >= 0.3 is 0 Å². The van der Waals surface area contributed by atoms with Crippen LogP contribution in [-0.2, 0) is 6.42 Å². The van der Waals surface area contributed by atoms with E-state index in [1.54, 1.807) is 18.1 Å². The standard InChI is InChI=1S/C25H26N4O3/c1-32-19-9-6-8-18(15-19)24(30)28-13-5-4-11-23(28)20-16-21(27-26-20)25(31)29-14-12-17-7-2-3-10-22(17)29/h2-3,6-10,15-16,23H,4-5,11-14H2,1H3,(H,26,27). The fourth-order valence-corrected chi connectivity index (χ4v) is 4.72. The maximum atomic E-state index is 13.3. The van der Waals surface area contributed by atoms with Crippen molar-refractivity contribution in [2.45, 2.75) is 31.7 Å². The first-order chi connectivity index (χ1) is 15.7. The van der Waals surface area contributed by atoms with Crippen molar-refractivity contribution in [3.05, 3.63) is 77.1 Å². The molecule has 2 aliphatic rings. The maximum absolute atomic E-state index is 13.3. The van der Waals surface area contributed by atoms with E-state index in [4.69, 9.17) is 4.74 Å². The molecule has 1 fully saturated rings. The van der Waals surface area contributed by atoms with Crippen LogP contribution in [0, 0.1) is 0 Å². The zero-order chi connectivity index (χ0) is 22.1. The number of aromatic nitrogens is 2. The first kappa shape index (κ1) is 20.3. The number of benzene rings is 2. The Kier molecular flexibility index (Phi) is 5.39. The Balaban J connectivity index is 1.38. The average molecular weight is 431 g/mol. The van der Waals surface area contributed by atoms with Gasteiger partial charge in [-0.25, -0.2) is 0 Å². The van der Waals surface area contributed by atoms with Gasteiger partial charge in [0.15, 0.2) is 5.69 Å². The molecule has 1 atom stereocenters. The lowest BCUT2D eigenvalue weighted by Gasteiger charge is -2.35. The van der Waals surface area contributed by atoms with Crippen molar-refractivity contribution in [3.63, 3.8) is 0 Å². The number of piperidine rings is 1. The van der Waals surface area contributed by atoms with E-state index in [0.717, 1.165) is 37.1 Å². The van der Waals surface area contributed by atoms with Crippen LogP contribution in [0.5, 0.6) is 5.75 Å². The number of anilines is 1. The number of carbonyl (C=O) groups excluding carboxylic acids is 2. The van der Waals surface area contributed by atoms with Gasteiger partial charge in [-0.05, 0) is 61.6 Å². The van der Waals surface area contributed by atoms with Crippen LogP contribution in [0.4, 0.5) is 5.69 Å². The second-order valence-corrected chi connectivity index (χ2v) is 8.29. The van der Waals surface area contributed by atoms with Crippen LogP contribution in [0.25, 0.3) is 0 Å². The van der Waals surface area contributed by atoms with Crippen LogP contribution in [0.15, 0.2) is 54.6 Å². The van der Waals surface area contributed by atoms with E-state index in [0.29, 0.717) is 30.1 Å². The Bertz CT molecular complexity index is 1160. The number of nitrogens with zero attached hydrogens (tertiary/aromatic N) is 3. The molecule has 1 unspecified atom stereocenters. The molecule has 0 radical (unpaired) electrons. The van der Waals surface area contributed by atoms with Gasteiger partial charge in [0.1, 0.15) is 5.75 Å². The number of ether oxygens (including phenoxy) is 1. The first-order valence-corrected chi connectivity index (χ1v) is 11.1. The van der Waals surface area contributed by atoms with Gasteiger partial charge in [0.2, 0.25) is 0 Å². The molecule has 32 heavy (non-hydrogen) atoms.